The number of rotatable bonds is 4. The second kappa shape index (κ2) is 7.23. The molecule has 7 nitrogen and oxygen atoms in total. The topological polar surface area (TPSA) is 77.7 Å². The van der Waals surface area contributed by atoms with Crippen LogP contribution in [0.5, 0.6) is 0 Å². The molecular formula is C19H13IN5O2+. The number of nitro benzene ring substituents is 1. The normalized spacial score (nSPS) is 10.7. The molecular weight excluding hydrogens is 457 g/mol. The van der Waals surface area contributed by atoms with Gasteiger partial charge < -0.3 is 0 Å². The monoisotopic (exact) mass is 470 g/mol. The standard InChI is InChI=1S/C19H13IN5O2/c20-15-8-12-17(13-9-15)24-22-19(14-6-10-18(11-7-14)25(26)27)21-23(24)16-4-2-1-3-5-16/h1-13H/q+1. The average Bonchev–Trinajstić information content (AvgIpc) is 3.15. The first-order chi connectivity index (χ1) is 13.1. The second-order valence-electron chi connectivity index (χ2n) is 5.72. The van der Waals surface area contributed by atoms with Crippen LogP contribution in [0.1, 0.15) is 0 Å². The highest BCUT2D eigenvalue weighted by Crippen LogP contribution is 2.19. The number of nitro groups is 1. The molecule has 1 aromatic heterocycles. The number of para-hydroxylation sites is 1. The lowest BCUT2D eigenvalue weighted by atomic mass is 10.2. The Morgan fingerprint density at radius 2 is 1.59 bits per heavy atom. The van der Waals surface area contributed by atoms with Crippen LogP contribution in [0.3, 0.4) is 0 Å². The molecule has 0 unspecified atom stereocenters. The van der Waals surface area contributed by atoms with E-state index < -0.39 is 4.92 Å². The smallest absolute Gasteiger partial charge is 0.258 e. The van der Waals surface area contributed by atoms with Gasteiger partial charge in [-0.25, -0.2) is 0 Å². The molecule has 0 N–H and O–H groups in total. The zero-order valence-electron chi connectivity index (χ0n) is 13.9. The molecule has 4 aromatic rings. The van der Waals surface area contributed by atoms with Crippen molar-refractivity contribution in [3.63, 3.8) is 0 Å². The third-order valence-corrected chi connectivity index (χ3v) is 4.66. The molecule has 0 aliphatic carbocycles. The maximum absolute atomic E-state index is 10.9. The van der Waals surface area contributed by atoms with E-state index in [1.165, 1.54) is 12.1 Å². The fourth-order valence-electron chi connectivity index (χ4n) is 2.60. The van der Waals surface area contributed by atoms with Crippen LogP contribution in [0, 0.1) is 13.7 Å². The van der Waals surface area contributed by atoms with E-state index in [-0.39, 0.29) is 5.69 Å². The quantitative estimate of drug-likeness (QED) is 0.197. The summed E-state index contributed by atoms with van der Waals surface area (Å²) in [5.41, 5.74) is 2.46. The number of nitrogens with zero attached hydrogens (tertiary/aromatic N) is 5. The van der Waals surface area contributed by atoms with Crippen LogP contribution in [0.4, 0.5) is 5.69 Å². The maximum Gasteiger partial charge on any atom is 0.340 e. The molecule has 0 bridgehead atoms. The Morgan fingerprint density at radius 3 is 2.22 bits per heavy atom. The van der Waals surface area contributed by atoms with E-state index in [1.807, 2.05) is 54.6 Å². The molecule has 3 aromatic carbocycles. The van der Waals surface area contributed by atoms with E-state index in [2.05, 4.69) is 32.8 Å². The SMILES string of the molecule is O=[N+]([O-])c1ccc(-c2nn(-c3ccccc3)[n+](-c3ccc(I)cc3)n2)cc1. The van der Waals surface area contributed by atoms with Gasteiger partial charge in [-0.3, -0.25) is 10.1 Å². The number of tetrazole rings is 1. The molecule has 0 aliphatic heterocycles. The van der Waals surface area contributed by atoms with Gasteiger partial charge in [-0.15, -0.1) is 0 Å². The van der Waals surface area contributed by atoms with Crippen molar-refractivity contribution < 1.29 is 9.72 Å². The van der Waals surface area contributed by atoms with E-state index in [9.17, 15) is 10.1 Å². The van der Waals surface area contributed by atoms with Crippen LogP contribution in [0.2, 0.25) is 0 Å². The molecule has 0 atom stereocenters. The Balaban J connectivity index is 1.84. The van der Waals surface area contributed by atoms with Crippen molar-refractivity contribution in [3.8, 4) is 22.8 Å². The van der Waals surface area contributed by atoms with Gasteiger partial charge in [0.2, 0.25) is 0 Å². The fraction of sp³-hybridized carbons (Fsp3) is 0. The van der Waals surface area contributed by atoms with E-state index in [1.54, 1.807) is 21.7 Å². The van der Waals surface area contributed by atoms with E-state index >= 15 is 0 Å². The lowest BCUT2D eigenvalue weighted by Crippen LogP contribution is -2.43. The molecule has 0 spiro atoms. The number of non-ortho nitro benzene ring substituents is 1. The number of benzene rings is 3. The van der Waals surface area contributed by atoms with Crippen LogP contribution < -0.4 is 4.80 Å². The summed E-state index contributed by atoms with van der Waals surface area (Å²) in [5, 5.41) is 20.1. The minimum atomic E-state index is -0.425. The minimum Gasteiger partial charge on any atom is -0.258 e. The number of hydrogen-bond acceptors (Lipinski definition) is 4. The molecule has 0 saturated heterocycles. The second-order valence-corrected chi connectivity index (χ2v) is 6.96. The molecule has 0 fully saturated rings. The first kappa shape index (κ1) is 17.3. The zero-order chi connectivity index (χ0) is 18.8. The predicted octanol–water partition coefficient (Wildman–Crippen LogP) is 3.72. The highest BCUT2D eigenvalue weighted by atomic mass is 127. The first-order valence-electron chi connectivity index (χ1n) is 8.08. The van der Waals surface area contributed by atoms with Crippen molar-refractivity contribution >= 4 is 28.3 Å². The number of halogens is 1. The molecule has 132 valence electrons. The summed E-state index contributed by atoms with van der Waals surface area (Å²) in [6.45, 7) is 0. The highest BCUT2D eigenvalue weighted by molar-refractivity contribution is 14.1. The third kappa shape index (κ3) is 3.56. The summed E-state index contributed by atoms with van der Waals surface area (Å²) >= 11 is 2.25. The summed E-state index contributed by atoms with van der Waals surface area (Å²) in [4.78, 5) is 13.9. The Bertz CT molecular complexity index is 1090. The van der Waals surface area contributed by atoms with Crippen molar-refractivity contribution in [1.82, 2.24) is 15.0 Å². The van der Waals surface area contributed by atoms with Gasteiger partial charge in [0.1, 0.15) is 5.69 Å². The lowest BCUT2D eigenvalue weighted by Gasteiger charge is -1.99. The summed E-state index contributed by atoms with van der Waals surface area (Å²) in [6, 6.07) is 23.8. The molecule has 0 radical (unpaired) electrons. The molecule has 4 rings (SSSR count). The largest absolute Gasteiger partial charge is 0.340 e. The van der Waals surface area contributed by atoms with Crippen LogP contribution in [0.25, 0.3) is 22.8 Å². The molecule has 1 heterocycles. The number of hydrogen-bond donors (Lipinski definition) is 0. The van der Waals surface area contributed by atoms with Crippen molar-refractivity contribution in [1.29, 1.82) is 0 Å². The van der Waals surface area contributed by atoms with Crippen molar-refractivity contribution in [2.75, 3.05) is 0 Å². The molecule has 27 heavy (non-hydrogen) atoms. The van der Waals surface area contributed by atoms with Crippen molar-refractivity contribution in [2.24, 2.45) is 0 Å². The highest BCUT2D eigenvalue weighted by Gasteiger charge is 2.23. The van der Waals surface area contributed by atoms with Gasteiger partial charge in [0.15, 0.2) is 5.69 Å². The van der Waals surface area contributed by atoms with E-state index in [0.29, 0.717) is 11.4 Å². The Hall–Kier alpha value is -3.14. The number of aromatic nitrogens is 4. The minimum absolute atomic E-state index is 0.0340. The first-order valence-corrected chi connectivity index (χ1v) is 9.15. The molecule has 0 aliphatic rings. The summed E-state index contributed by atoms with van der Waals surface area (Å²) < 4.78 is 1.12. The van der Waals surface area contributed by atoms with Crippen molar-refractivity contribution in [2.45, 2.75) is 0 Å². The predicted molar refractivity (Wildman–Crippen MR) is 108 cm³/mol. The van der Waals surface area contributed by atoms with Gasteiger partial charge in [0.05, 0.1) is 15.6 Å². The molecule has 8 heteroatoms. The summed E-state index contributed by atoms with van der Waals surface area (Å²) in [5.74, 6) is 0.479. The van der Waals surface area contributed by atoms with Gasteiger partial charge >= 0.3 is 5.82 Å². The van der Waals surface area contributed by atoms with Gasteiger partial charge in [-0.2, -0.15) is 0 Å². The van der Waals surface area contributed by atoms with Crippen LogP contribution in [0.15, 0.2) is 78.9 Å². The van der Waals surface area contributed by atoms with E-state index in [0.717, 1.165) is 14.9 Å². The Kier molecular flexibility index (Phi) is 4.63. The Morgan fingerprint density at radius 1 is 0.926 bits per heavy atom. The maximum atomic E-state index is 10.9. The summed E-state index contributed by atoms with van der Waals surface area (Å²) in [6.07, 6.45) is 0. The van der Waals surface area contributed by atoms with Gasteiger partial charge in [0.25, 0.3) is 5.69 Å². The fourth-order valence-corrected chi connectivity index (χ4v) is 2.96. The van der Waals surface area contributed by atoms with Crippen molar-refractivity contribution in [3.05, 3.63) is 92.5 Å². The van der Waals surface area contributed by atoms with Crippen LogP contribution in [-0.4, -0.2) is 19.9 Å². The average molecular weight is 470 g/mol. The van der Waals surface area contributed by atoms with E-state index in [4.69, 9.17) is 0 Å². The van der Waals surface area contributed by atoms with Gasteiger partial charge in [0, 0.05) is 20.5 Å². The van der Waals surface area contributed by atoms with Gasteiger partial charge in [-0.1, -0.05) is 18.2 Å². The zero-order valence-corrected chi connectivity index (χ0v) is 16.1. The van der Waals surface area contributed by atoms with Gasteiger partial charge in [-0.05, 0) is 81.0 Å². The van der Waals surface area contributed by atoms with Crippen LogP contribution >= 0.6 is 22.6 Å². The molecule has 0 amide bonds. The Labute approximate surface area is 168 Å². The third-order valence-electron chi connectivity index (χ3n) is 3.94. The van der Waals surface area contributed by atoms with Crippen LogP contribution in [-0.2, 0) is 0 Å². The molecule has 0 saturated carbocycles. The summed E-state index contributed by atoms with van der Waals surface area (Å²) in [7, 11) is 0. The lowest BCUT2D eigenvalue weighted by molar-refractivity contribution is -0.734.